The molecule has 1 aromatic rings. The molecule has 0 radical (unpaired) electrons. The van der Waals surface area contributed by atoms with E-state index in [1.165, 1.54) is 4.90 Å². The average Bonchev–Trinajstić information content (AvgIpc) is 3.47. The van der Waals surface area contributed by atoms with Gasteiger partial charge in [-0.3, -0.25) is 14.4 Å². The molecule has 1 spiro atoms. The second-order valence-electron chi connectivity index (χ2n) is 9.68. The number of carbonyl (C=O) groups is 3. The number of aliphatic hydroxyl groups is 1. The van der Waals surface area contributed by atoms with Gasteiger partial charge in [-0.1, -0.05) is 58.4 Å². The lowest BCUT2D eigenvalue weighted by molar-refractivity contribution is -0.154. The summed E-state index contributed by atoms with van der Waals surface area (Å²) in [6, 6.07) is 8.31. The van der Waals surface area contributed by atoms with Crippen LogP contribution in [0.15, 0.2) is 55.6 Å². The number of aliphatic hydroxyl groups excluding tert-OH is 1. The quantitative estimate of drug-likeness (QED) is 0.188. The number of carbonyl (C=O) groups excluding carboxylic acids is 3. The Morgan fingerprint density at radius 2 is 2.06 bits per heavy atom. The Hall–Kier alpha value is -2.10. The van der Waals surface area contributed by atoms with Crippen molar-refractivity contribution >= 4 is 45.5 Å². The van der Waals surface area contributed by atoms with E-state index >= 15 is 0 Å². The summed E-state index contributed by atoms with van der Waals surface area (Å²) in [6.07, 6.45) is 4.47. The largest absolute Gasteiger partial charge is 0.465 e. The third-order valence-electron chi connectivity index (χ3n) is 7.42. The molecule has 7 nitrogen and oxygen atoms in total. The molecule has 3 heterocycles. The van der Waals surface area contributed by atoms with Gasteiger partial charge >= 0.3 is 5.97 Å². The van der Waals surface area contributed by atoms with Gasteiger partial charge in [0, 0.05) is 23.2 Å². The highest BCUT2D eigenvalue weighted by Gasteiger charge is 2.76. The van der Waals surface area contributed by atoms with Crippen molar-refractivity contribution in [1.29, 1.82) is 0 Å². The molecule has 3 unspecified atom stereocenters. The number of likely N-dealkylation sites (tertiary alicyclic amines) is 1. The number of nitrogens with zero attached hydrogens (tertiary/aromatic N) is 2. The number of rotatable bonds is 11. The summed E-state index contributed by atoms with van der Waals surface area (Å²) in [6.45, 7) is 9.86. The third kappa shape index (κ3) is 4.54. The van der Waals surface area contributed by atoms with Crippen molar-refractivity contribution in [2.45, 2.75) is 53.2 Å². The predicted molar refractivity (Wildman–Crippen MR) is 143 cm³/mol. The fraction of sp³-hybridized carbons (Fsp3) is 0.519. The van der Waals surface area contributed by atoms with Crippen molar-refractivity contribution < 1.29 is 24.2 Å². The first-order valence-electron chi connectivity index (χ1n) is 12.3. The van der Waals surface area contributed by atoms with E-state index in [2.05, 4.69) is 29.1 Å². The van der Waals surface area contributed by atoms with Crippen LogP contribution in [-0.2, 0) is 25.7 Å². The smallest absolute Gasteiger partial charge is 0.310 e. The highest BCUT2D eigenvalue weighted by atomic mass is 79.9. The summed E-state index contributed by atoms with van der Waals surface area (Å²) in [5, 5.41) is 9.87. The van der Waals surface area contributed by atoms with Crippen LogP contribution in [0.5, 0.6) is 0 Å². The van der Waals surface area contributed by atoms with Gasteiger partial charge in [-0.05, 0) is 25.3 Å². The van der Waals surface area contributed by atoms with E-state index < -0.39 is 34.6 Å². The summed E-state index contributed by atoms with van der Waals surface area (Å²) in [5.74, 6) is -2.19. The zero-order valence-corrected chi connectivity index (χ0v) is 22.8. The van der Waals surface area contributed by atoms with E-state index in [1.54, 1.807) is 35.7 Å². The molecule has 0 saturated carbocycles. The number of amides is 2. The van der Waals surface area contributed by atoms with Crippen LogP contribution in [0, 0.1) is 11.8 Å². The molecule has 0 aliphatic carbocycles. The van der Waals surface area contributed by atoms with E-state index in [1.807, 2.05) is 30.3 Å². The van der Waals surface area contributed by atoms with Crippen LogP contribution in [0.3, 0.4) is 0 Å². The summed E-state index contributed by atoms with van der Waals surface area (Å²) < 4.78 is 4.75. The van der Waals surface area contributed by atoms with Crippen molar-refractivity contribution in [1.82, 2.24) is 9.80 Å². The Kier molecular flexibility index (Phi) is 8.32. The molecular weight excluding hydrogens is 544 g/mol. The van der Waals surface area contributed by atoms with Crippen LogP contribution in [-0.4, -0.2) is 79.4 Å². The zero-order chi connectivity index (χ0) is 26.0. The molecule has 7 atom stereocenters. The Bertz CT molecular complexity index is 1020. The van der Waals surface area contributed by atoms with Crippen molar-refractivity contribution in [3.63, 3.8) is 0 Å². The van der Waals surface area contributed by atoms with Gasteiger partial charge in [-0.2, -0.15) is 0 Å². The van der Waals surface area contributed by atoms with Gasteiger partial charge in [0.2, 0.25) is 11.8 Å². The fourth-order valence-electron chi connectivity index (χ4n) is 5.88. The molecule has 194 valence electrons. The minimum atomic E-state index is -0.804. The maximum Gasteiger partial charge on any atom is 0.310 e. The van der Waals surface area contributed by atoms with Crippen molar-refractivity contribution in [3.8, 4) is 0 Å². The van der Waals surface area contributed by atoms with Gasteiger partial charge < -0.3 is 19.6 Å². The number of halogens is 1. The second kappa shape index (κ2) is 11.1. The number of hydrogen-bond donors (Lipinski definition) is 1. The lowest BCUT2D eigenvalue weighted by atomic mass is 9.71. The first-order chi connectivity index (χ1) is 17.3. The number of alkyl halides is 1. The Labute approximate surface area is 225 Å². The second-order valence-corrected chi connectivity index (χ2v) is 12.4. The number of ether oxygens (including phenoxy) is 1. The van der Waals surface area contributed by atoms with Crippen molar-refractivity contribution in [2.75, 3.05) is 19.8 Å². The van der Waals surface area contributed by atoms with E-state index in [-0.39, 0.29) is 35.1 Å². The van der Waals surface area contributed by atoms with E-state index in [0.29, 0.717) is 25.9 Å². The SMILES string of the molecule is C=CCCOC(=O)[C@H]1[C@H]2C(=O)N([C@H](C)CO)C(C(=O)N(CC=C)Cc3ccccc3)C23CC(Br)[C@@H]1S3. The van der Waals surface area contributed by atoms with Crippen LogP contribution in [0.2, 0.25) is 0 Å². The van der Waals surface area contributed by atoms with Crippen molar-refractivity contribution in [3.05, 3.63) is 61.2 Å². The molecule has 3 aliphatic rings. The molecular formula is C27H33BrN2O5S. The van der Waals surface area contributed by atoms with Gasteiger partial charge in [0.05, 0.1) is 35.8 Å². The first-order valence-corrected chi connectivity index (χ1v) is 14.1. The van der Waals surface area contributed by atoms with Crippen molar-refractivity contribution in [2.24, 2.45) is 11.8 Å². The van der Waals surface area contributed by atoms with Crippen LogP contribution < -0.4 is 0 Å². The van der Waals surface area contributed by atoms with E-state index in [0.717, 1.165) is 5.56 Å². The molecule has 36 heavy (non-hydrogen) atoms. The molecule has 1 N–H and O–H groups in total. The highest BCUT2D eigenvalue weighted by Crippen LogP contribution is 2.68. The third-order valence-corrected chi connectivity index (χ3v) is 10.6. The maximum atomic E-state index is 14.3. The zero-order valence-electron chi connectivity index (χ0n) is 20.4. The van der Waals surface area contributed by atoms with Gasteiger partial charge in [0.15, 0.2) is 0 Å². The Balaban J connectivity index is 1.72. The summed E-state index contributed by atoms with van der Waals surface area (Å²) in [5.41, 5.74) is 0.971. The van der Waals surface area contributed by atoms with Crippen LogP contribution >= 0.6 is 27.7 Å². The number of esters is 1. The number of benzene rings is 1. The van der Waals surface area contributed by atoms with Crippen LogP contribution in [0.25, 0.3) is 0 Å². The normalized spacial score (nSPS) is 31.1. The van der Waals surface area contributed by atoms with E-state index in [4.69, 9.17) is 4.74 Å². The maximum absolute atomic E-state index is 14.3. The molecule has 2 bridgehead atoms. The highest BCUT2D eigenvalue weighted by molar-refractivity contribution is 9.09. The molecule has 3 fully saturated rings. The van der Waals surface area contributed by atoms with E-state index in [9.17, 15) is 19.5 Å². The number of thioether (sulfide) groups is 1. The minimum Gasteiger partial charge on any atom is -0.465 e. The van der Waals surface area contributed by atoms with Gasteiger partial charge in [-0.25, -0.2) is 0 Å². The van der Waals surface area contributed by atoms with Gasteiger partial charge in [0.1, 0.15) is 6.04 Å². The molecule has 0 aromatic heterocycles. The summed E-state index contributed by atoms with van der Waals surface area (Å²) in [7, 11) is 0. The molecule has 3 aliphatic heterocycles. The summed E-state index contributed by atoms with van der Waals surface area (Å²) >= 11 is 5.31. The van der Waals surface area contributed by atoms with Gasteiger partial charge in [0.25, 0.3) is 0 Å². The fourth-order valence-corrected chi connectivity index (χ4v) is 9.46. The average molecular weight is 578 g/mol. The monoisotopic (exact) mass is 576 g/mol. The molecule has 2 amide bonds. The molecule has 9 heteroatoms. The first kappa shape index (κ1) is 26.9. The number of fused-ring (bicyclic) bond motifs is 1. The lowest BCUT2D eigenvalue weighted by Gasteiger charge is -2.39. The Morgan fingerprint density at radius 3 is 2.69 bits per heavy atom. The van der Waals surface area contributed by atoms with Crippen LogP contribution in [0.1, 0.15) is 25.3 Å². The topological polar surface area (TPSA) is 87.1 Å². The number of hydrogen-bond acceptors (Lipinski definition) is 6. The standard InChI is InChI=1S/C27H33BrN2O5S/c1-4-6-13-35-26(34)20-21-24(32)30(17(3)16-31)23(27(21)14-19(28)22(20)36-27)25(33)29(12-5-2)15-18-10-8-7-9-11-18/h4-5,7-11,17,19-23,31H,1-2,6,12-16H2,3H3/t17-,19?,20+,21+,22+,23?,27?/m1/s1. The van der Waals surface area contributed by atoms with Gasteiger partial charge in [-0.15, -0.1) is 24.9 Å². The molecule has 1 aromatic carbocycles. The summed E-state index contributed by atoms with van der Waals surface area (Å²) in [4.78, 5) is 44.7. The Morgan fingerprint density at radius 1 is 1.33 bits per heavy atom. The molecule has 4 rings (SSSR count). The molecule has 3 saturated heterocycles. The predicted octanol–water partition coefficient (Wildman–Crippen LogP) is 3.17. The lowest BCUT2D eigenvalue weighted by Crippen LogP contribution is -2.57. The van der Waals surface area contributed by atoms with Crippen LogP contribution in [0.4, 0.5) is 0 Å². The minimum absolute atomic E-state index is 0.0369.